The summed E-state index contributed by atoms with van der Waals surface area (Å²) in [5, 5.41) is 0. The Balaban J connectivity index is 1.81. The fourth-order valence-electron chi connectivity index (χ4n) is 4.83. The molecule has 0 aromatic heterocycles. The first-order chi connectivity index (χ1) is 15.4. The van der Waals surface area contributed by atoms with Crippen molar-refractivity contribution in [3.8, 4) is 5.75 Å². The van der Waals surface area contributed by atoms with Crippen LogP contribution < -0.4 is 9.64 Å². The fraction of sp³-hybridized carbons (Fsp3) is 0.407. The van der Waals surface area contributed by atoms with E-state index >= 15 is 0 Å². The lowest BCUT2D eigenvalue weighted by molar-refractivity contribution is -0.120. The number of piperidine rings is 1. The minimum absolute atomic E-state index is 0.264. The number of rotatable bonds is 6. The van der Waals surface area contributed by atoms with Crippen LogP contribution in [0.3, 0.4) is 0 Å². The van der Waals surface area contributed by atoms with E-state index < -0.39 is 0 Å². The van der Waals surface area contributed by atoms with Gasteiger partial charge >= 0.3 is 0 Å². The first kappa shape index (κ1) is 22.1. The lowest BCUT2D eigenvalue weighted by Crippen LogP contribution is -2.42. The molecule has 2 aliphatic heterocycles. The molecule has 168 valence electrons. The number of hydrogen-bond donors (Lipinski definition) is 0. The Labute approximate surface area is 190 Å². The summed E-state index contributed by atoms with van der Waals surface area (Å²) in [7, 11) is 0. The van der Waals surface area contributed by atoms with E-state index in [0.717, 1.165) is 37.1 Å². The highest BCUT2D eigenvalue weighted by molar-refractivity contribution is 6.45. The number of carbonyl (C=O) groups excluding carboxylic acids is 2. The number of amides is 2. The van der Waals surface area contributed by atoms with Crippen LogP contribution in [0.4, 0.5) is 5.69 Å². The maximum Gasteiger partial charge on any atom is 0.282 e. The van der Waals surface area contributed by atoms with Gasteiger partial charge in [-0.1, -0.05) is 62.7 Å². The Kier molecular flexibility index (Phi) is 6.35. The third kappa shape index (κ3) is 4.16. The summed E-state index contributed by atoms with van der Waals surface area (Å²) in [5.74, 6) is 0.929. The summed E-state index contributed by atoms with van der Waals surface area (Å²) in [5.41, 5.74) is 3.41. The van der Waals surface area contributed by atoms with Gasteiger partial charge in [-0.05, 0) is 49.3 Å². The molecular weight excluding hydrogens is 400 g/mol. The molecule has 2 aromatic rings. The molecular formula is C27H32N2O3. The van der Waals surface area contributed by atoms with Crippen LogP contribution in [0.25, 0.3) is 5.57 Å². The summed E-state index contributed by atoms with van der Waals surface area (Å²) in [6.07, 6.45) is 1.97. The highest BCUT2D eigenvalue weighted by Gasteiger charge is 2.44. The Morgan fingerprint density at radius 2 is 1.59 bits per heavy atom. The van der Waals surface area contributed by atoms with Gasteiger partial charge < -0.3 is 9.64 Å². The van der Waals surface area contributed by atoms with E-state index in [-0.39, 0.29) is 11.8 Å². The number of imide groups is 1. The van der Waals surface area contributed by atoms with Crippen LogP contribution in [0.5, 0.6) is 5.75 Å². The molecule has 1 fully saturated rings. The number of anilines is 1. The van der Waals surface area contributed by atoms with Crippen LogP contribution in [0.2, 0.25) is 0 Å². The molecule has 4 rings (SSSR count). The monoisotopic (exact) mass is 432 g/mol. The number of para-hydroxylation sites is 2. The molecule has 0 bridgehead atoms. The largest absolute Gasteiger partial charge is 0.491 e. The van der Waals surface area contributed by atoms with Crippen molar-refractivity contribution in [1.82, 2.24) is 4.90 Å². The molecule has 2 unspecified atom stereocenters. The maximum absolute atomic E-state index is 13.9. The molecule has 0 saturated carbocycles. The Hall–Kier alpha value is -3.08. The average molecular weight is 433 g/mol. The molecule has 2 amide bonds. The van der Waals surface area contributed by atoms with Crippen LogP contribution in [0, 0.1) is 18.8 Å². The second-order valence-corrected chi connectivity index (χ2v) is 9.20. The van der Waals surface area contributed by atoms with E-state index in [4.69, 9.17) is 4.74 Å². The van der Waals surface area contributed by atoms with Crippen LogP contribution >= 0.6 is 0 Å². The van der Waals surface area contributed by atoms with Crippen molar-refractivity contribution in [2.24, 2.45) is 11.8 Å². The summed E-state index contributed by atoms with van der Waals surface area (Å²) in [4.78, 5) is 31.1. The van der Waals surface area contributed by atoms with E-state index in [1.807, 2.05) is 56.3 Å². The highest BCUT2D eigenvalue weighted by atomic mass is 16.5. The van der Waals surface area contributed by atoms with E-state index in [9.17, 15) is 9.59 Å². The van der Waals surface area contributed by atoms with Gasteiger partial charge in [0.2, 0.25) is 0 Å². The lowest BCUT2D eigenvalue weighted by atomic mass is 9.91. The molecule has 32 heavy (non-hydrogen) atoms. The van der Waals surface area contributed by atoms with Crippen molar-refractivity contribution in [2.75, 3.05) is 24.6 Å². The maximum atomic E-state index is 13.9. The normalized spacial score (nSPS) is 21.5. The minimum Gasteiger partial charge on any atom is -0.491 e. The standard InChI is InChI=1S/C27H32N2O3/c1-5-14-32-23-9-7-6-8-22(23)29-26(30)24(21-12-10-18(2)11-13-21)25(27(29)31)28-16-19(3)15-20(4)17-28/h6-13,19-20H,5,14-17H2,1-4H3. The Bertz CT molecular complexity index is 1030. The van der Waals surface area contributed by atoms with E-state index in [0.29, 0.717) is 41.1 Å². The zero-order valence-corrected chi connectivity index (χ0v) is 19.4. The Morgan fingerprint density at radius 1 is 0.938 bits per heavy atom. The number of benzene rings is 2. The second-order valence-electron chi connectivity index (χ2n) is 9.20. The first-order valence-corrected chi connectivity index (χ1v) is 11.6. The van der Waals surface area contributed by atoms with E-state index in [2.05, 4.69) is 18.7 Å². The summed E-state index contributed by atoms with van der Waals surface area (Å²) >= 11 is 0. The van der Waals surface area contributed by atoms with Gasteiger partial charge in [0.25, 0.3) is 11.8 Å². The quantitative estimate of drug-likeness (QED) is 0.600. The molecule has 2 atom stereocenters. The molecule has 1 saturated heterocycles. The number of likely N-dealkylation sites (tertiary alicyclic amines) is 1. The van der Waals surface area contributed by atoms with Gasteiger partial charge in [0.1, 0.15) is 11.4 Å². The van der Waals surface area contributed by atoms with Crippen molar-refractivity contribution in [1.29, 1.82) is 0 Å². The third-order valence-electron chi connectivity index (χ3n) is 6.15. The number of hydrogen-bond acceptors (Lipinski definition) is 4. The Morgan fingerprint density at radius 3 is 2.25 bits per heavy atom. The van der Waals surface area contributed by atoms with Crippen molar-refractivity contribution >= 4 is 23.1 Å². The van der Waals surface area contributed by atoms with Crippen LogP contribution in [0.15, 0.2) is 54.2 Å². The fourth-order valence-corrected chi connectivity index (χ4v) is 4.83. The zero-order valence-electron chi connectivity index (χ0n) is 19.4. The topological polar surface area (TPSA) is 49.9 Å². The molecule has 0 N–H and O–H groups in total. The van der Waals surface area contributed by atoms with Gasteiger partial charge in [-0.3, -0.25) is 9.59 Å². The molecule has 0 radical (unpaired) electrons. The lowest BCUT2D eigenvalue weighted by Gasteiger charge is -2.37. The van der Waals surface area contributed by atoms with Gasteiger partial charge in [0.05, 0.1) is 17.9 Å². The number of carbonyl (C=O) groups is 2. The number of aryl methyl sites for hydroxylation is 1. The van der Waals surface area contributed by atoms with Crippen molar-refractivity contribution in [3.05, 3.63) is 65.4 Å². The molecule has 2 aromatic carbocycles. The predicted octanol–water partition coefficient (Wildman–Crippen LogP) is 5.05. The average Bonchev–Trinajstić information content (AvgIpc) is 3.02. The summed E-state index contributed by atoms with van der Waals surface area (Å²) < 4.78 is 5.89. The van der Waals surface area contributed by atoms with Crippen molar-refractivity contribution < 1.29 is 14.3 Å². The first-order valence-electron chi connectivity index (χ1n) is 11.6. The van der Waals surface area contributed by atoms with Crippen LogP contribution in [0.1, 0.15) is 44.7 Å². The summed E-state index contributed by atoms with van der Waals surface area (Å²) in [6.45, 7) is 10.5. The van der Waals surface area contributed by atoms with Crippen molar-refractivity contribution in [3.63, 3.8) is 0 Å². The van der Waals surface area contributed by atoms with Crippen molar-refractivity contribution in [2.45, 2.75) is 40.5 Å². The van der Waals surface area contributed by atoms with Gasteiger partial charge in [-0.2, -0.15) is 0 Å². The third-order valence-corrected chi connectivity index (χ3v) is 6.15. The SMILES string of the molecule is CCCOc1ccccc1N1C(=O)C(c2ccc(C)cc2)=C(N2CC(C)CC(C)C2)C1=O. The zero-order chi connectivity index (χ0) is 22.8. The highest BCUT2D eigenvalue weighted by Crippen LogP contribution is 2.40. The molecule has 5 nitrogen and oxygen atoms in total. The molecule has 5 heteroatoms. The smallest absolute Gasteiger partial charge is 0.282 e. The molecule has 0 aliphatic carbocycles. The van der Waals surface area contributed by atoms with Gasteiger partial charge in [-0.15, -0.1) is 0 Å². The minimum atomic E-state index is -0.285. The second kappa shape index (κ2) is 9.19. The van der Waals surface area contributed by atoms with E-state index in [1.165, 1.54) is 4.90 Å². The van der Waals surface area contributed by atoms with Gasteiger partial charge in [0, 0.05) is 13.1 Å². The van der Waals surface area contributed by atoms with Gasteiger partial charge in [-0.25, -0.2) is 4.90 Å². The molecule has 2 heterocycles. The molecule has 0 spiro atoms. The number of ether oxygens (including phenoxy) is 1. The number of nitrogens with zero attached hydrogens (tertiary/aromatic N) is 2. The summed E-state index contributed by atoms with van der Waals surface area (Å²) in [6, 6.07) is 15.2. The van der Waals surface area contributed by atoms with Crippen LogP contribution in [-0.2, 0) is 9.59 Å². The predicted molar refractivity (Wildman–Crippen MR) is 127 cm³/mol. The van der Waals surface area contributed by atoms with Gasteiger partial charge in [0.15, 0.2) is 0 Å². The molecule has 2 aliphatic rings. The van der Waals surface area contributed by atoms with E-state index in [1.54, 1.807) is 6.07 Å². The van der Waals surface area contributed by atoms with Crippen LogP contribution in [-0.4, -0.2) is 36.4 Å².